The number of rotatable bonds is 9. The molecule has 1 heterocycles. The van der Waals surface area contributed by atoms with Crippen molar-refractivity contribution in [3.63, 3.8) is 0 Å². The molecule has 4 saturated carbocycles. The topological polar surface area (TPSA) is 154 Å². The first kappa shape index (κ1) is 38.8. The van der Waals surface area contributed by atoms with Gasteiger partial charge in [-0.05, 0) is 134 Å². The number of Topliss-reactive ketones (excluding diaryl/α,β-unsaturated/α-hetero) is 2. The maximum atomic E-state index is 14.4. The Kier molecular flexibility index (Phi) is 9.35. The second kappa shape index (κ2) is 13.3. The largest absolute Gasteiger partial charge is 0.508 e. The molecule has 1 saturated heterocycles. The fraction of sp³-hybridized carbons (Fsp3) is 0.660. The Morgan fingerprint density at radius 1 is 0.964 bits per heavy atom. The van der Waals surface area contributed by atoms with Gasteiger partial charge in [0.1, 0.15) is 17.6 Å². The summed E-state index contributed by atoms with van der Waals surface area (Å²) in [4.78, 5) is 28.7. The molecule has 5 fully saturated rings. The average molecular weight is 754 g/mol. The number of nitrogen functional groups attached to an aromatic ring is 1. The highest BCUT2D eigenvalue weighted by atomic mass is 16.6. The van der Waals surface area contributed by atoms with Crippen molar-refractivity contribution in [1.82, 2.24) is 0 Å². The fourth-order valence-electron chi connectivity index (χ4n) is 14.8. The van der Waals surface area contributed by atoms with Crippen molar-refractivity contribution < 1.29 is 34.8 Å². The molecule has 6 aliphatic rings. The number of hydrogen-bond acceptors (Lipinski definition) is 8. The minimum absolute atomic E-state index is 0.0504. The third-order valence-electron chi connectivity index (χ3n) is 16.8. The van der Waals surface area contributed by atoms with Crippen LogP contribution in [0.1, 0.15) is 129 Å². The first-order valence-corrected chi connectivity index (χ1v) is 21.0. The number of phenols is 1. The molecule has 8 rings (SSSR count). The van der Waals surface area contributed by atoms with Gasteiger partial charge in [-0.15, -0.1) is 0 Å². The van der Waals surface area contributed by atoms with Gasteiger partial charge in [-0.1, -0.05) is 70.9 Å². The number of aliphatic hydroxyl groups is 3. The minimum Gasteiger partial charge on any atom is -0.508 e. The van der Waals surface area contributed by atoms with Crippen molar-refractivity contribution >= 4 is 17.3 Å². The predicted octanol–water partition coefficient (Wildman–Crippen LogP) is 7.63. The maximum absolute atomic E-state index is 14.4. The zero-order valence-corrected chi connectivity index (χ0v) is 33.7. The SMILES string of the molecule is C[C@H](C[C@@H](O)[C@H]1O[C@]1(C)[C@H]1CCC[C@H]1c1cccc(N)c1)C1=C2CC[C@@H]3[C@]4(C)C[C@H](c5cccc(O)c5)C(=O)C(C)(C)[C@@H]4[C@@H](O)C[C@]3(CCO)[C@@]2(C)CC1=O. The highest BCUT2D eigenvalue weighted by Gasteiger charge is 2.72. The van der Waals surface area contributed by atoms with E-state index in [1.54, 1.807) is 18.2 Å². The van der Waals surface area contributed by atoms with Crippen LogP contribution < -0.4 is 5.73 Å². The highest BCUT2D eigenvalue weighted by Crippen LogP contribution is 2.76. The number of phenolic OH excluding ortho intramolecular Hbond substituents is 1. The van der Waals surface area contributed by atoms with Crippen LogP contribution in [-0.4, -0.2) is 62.5 Å². The number of hydrogen-bond donors (Lipinski definition) is 5. The van der Waals surface area contributed by atoms with Gasteiger partial charge in [-0.3, -0.25) is 9.59 Å². The second-order valence-electron chi connectivity index (χ2n) is 20.0. The van der Waals surface area contributed by atoms with Crippen LogP contribution in [0.5, 0.6) is 5.75 Å². The fourth-order valence-corrected chi connectivity index (χ4v) is 14.8. The van der Waals surface area contributed by atoms with Crippen LogP contribution in [0.15, 0.2) is 59.7 Å². The summed E-state index contributed by atoms with van der Waals surface area (Å²) in [6.45, 7) is 12.6. The van der Waals surface area contributed by atoms with Crippen LogP contribution >= 0.6 is 0 Å². The van der Waals surface area contributed by atoms with E-state index < -0.39 is 45.4 Å². The number of anilines is 1. The van der Waals surface area contributed by atoms with Gasteiger partial charge in [0.15, 0.2) is 5.78 Å². The Balaban J connectivity index is 1.08. The molecule has 6 N–H and O–H groups in total. The summed E-state index contributed by atoms with van der Waals surface area (Å²) in [5.74, 6) is 0.0965. The molecule has 8 heteroatoms. The summed E-state index contributed by atoms with van der Waals surface area (Å²) in [5, 5.41) is 45.4. The van der Waals surface area contributed by atoms with Crippen molar-refractivity contribution in [2.75, 3.05) is 12.3 Å². The van der Waals surface area contributed by atoms with Gasteiger partial charge in [-0.25, -0.2) is 0 Å². The number of epoxide rings is 1. The van der Waals surface area contributed by atoms with Crippen LogP contribution in [0.2, 0.25) is 0 Å². The highest BCUT2D eigenvalue weighted by molar-refractivity contribution is 6.00. The molecule has 0 bridgehead atoms. The number of carbonyl (C=O) groups is 2. The van der Waals surface area contributed by atoms with Crippen LogP contribution in [0.25, 0.3) is 0 Å². The van der Waals surface area contributed by atoms with Crippen molar-refractivity contribution in [2.45, 2.75) is 141 Å². The molecule has 1 aliphatic heterocycles. The lowest BCUT2D eigenvalue weighted by molar-refractivity contribution is -0.228. The maximum Gasteiger partial charge on any atom is 0.159 e. The van der Waals surface area contributed by atoms with Gasteiger partial charge < -0.3 is 30.9 Å². The molecular weight excluding hydrogens is 691 g/mol. The Bertz CT molecular complexity index is 1900. The summed E-state index contributed by atoms with van der Waals surface area (Å²) >= 11 is 0. The Hall–Kier alpha value is -3.04. The number of ether oxygens (including phenoxy) is 1. The summed E-state index contributed by atoms with van der Waals surface area (Å²) in [7, 11) is 0. The lowest BCUT2D eigenvalue weighted by Gasteiger charge is -2.70. The molecule has 2 aromatic carbocycles. The van der Waals surface area contributed by atoms with Gasteiger partial charge in [0.25, 0.3) is 0 Å². The number of aromatic hydroxyl groups is 1. The molecule has 2 aromatic rings. The van der Waals surface area contributed by atoms with E-state index in [0.29, 0.717) is 38.0 Å². The standard InChI is InChI=1S/C47H63NO7/c1-26(20-35(51)42-46(6,55-42)33-15-9-14-31(33)27-10-7-12-29(48)21-27)39-34-16-17-38-44(4)23-32(28-11-8-13-30(50)22-28)41(54)43(2,3)40(44)37(53)25-47(38,18-19-49)45(34,5)24-36(39)52/h7-8,10-13,21-22,26,31-33,35,37-38,40,42,49-51,53H,9,14-20,23-25,48H2,1-6H3/t26-,31+,32-,33+,35-,37+,38-,40+,42-,44+,45+,46-,47+/m1/s1. The molecular formula is C47H63NO7. The van der Waals surface area contributed by atoms with Crippen molar-refractivity contribution in [2.24, 2.45) is 45.3 Å². The van der Waals surface area contributed by atoms with Gasteiger partial charge in [0.2, 0.25) is 0 Å². The summed E-state index contributed by atoms with van der Waals surface area (Å²) < 4.78 is 6.44. The molecule has 0 spiro atoms. The van der Waals surface area contributed by atoms with Crippen LogP contribution in [0, 0.1) is 45.3 Å². The Morgan fingerprint density at radius 3 is 2.40 bits per heavy atom. The van der Waals surface area contributed by atoms with E-state index in [-0.39, 0.29) is 53.7 Å². The van der Waals surface area contributed by atoms with Gasteiger partial charge in [-0.2, -0.15) is 0 Å². The smallest absolute Gasteiger partial charge is 0.159 e. The van der Waals surface area contributed by atoms with E-state index >= 15 is 0 Å². The molecule has 0 radical (unpaired) electrons. The van der Waals surface area contributed by atoms with E-state index in [1.165, 1.54) is 5.56 Å². The normalized spacial score (nSPS) is 41.7. The first-order valence-electron chi connectivity index (χ1n) is 21.0. The number of aliphatic hydroxyl groups excluding tert-OH is 3. The Morgan fingerprint density at radius 2 is 1.69 bits per heavy atom. The monoisotopic (exact) mass is 753 g/mol. The summed E-state index contributed by atoms with van der Waals surface area (Å²) in [6, 6.07) is 15.2. The molecule has 0 unspecified atom stereocenters. The number of ketones is 2. The third-order valence-corrected chi connectivity index (χ3v) is 16.8. The number of allylic oxidation sites excluding steroid dienone is 2. The zero-order chi connectivity index (χ0) is 39.5. The summed E-state index contributed by atoms with van der Waals surface area (Å²) in [6.07, 6.45) is 5.13. The zero-order valence-electron chi connectivity index (χ0n) is 33.7. The minimum atomic E-state index is -0.821. The van der Waals surface area contributed by atoms with Crippen LogP contribution in [0.3, 0.4) is 0 Å². The second-order valence-corrected chi connectivity index (χ2v) is 20.0. The first-order chi connectivity index (χ1) is 25.9. The number of carbonyl (C=O) groups excluding carboxylic acids is 2. The Labute approximate surface area is 326 Å². The van der Waals surface area contributed by atoms with Crippen LogP contribution in [-0.2, 0) is 14.3 Å². The van der Waals surface area contributed by atoms with Crippen molar-refractivity contribution in [3.8, 4) is 5.75 Å². The molecule has 298 valence electrons. The van der Waals surface area contributed by atoms with E-state index in [2.05, 4.69) is 39.8 Å². The molecule has 8 nitrogen and oxygen atoms in total. The number of benzene rings is 2. The molecule has 0 amide bonds. The molecule has 55 heavy (non-hydrogen) atoms. The molecule has 13 atom stereocenters. The van der Waals surface area contributed by atoms with E-state index in [4.69, 9.17) is 10.5 Å². The van der Waals surface area contributed by atoms with Crippen molar-refractivity contribution in [1.29, 1.82) is 0 Å². The number of nitrogens with two attached hydrogens (primary N) is 1. The van der Waals surface area contributed by atoms with E-state index in [1.807, 2.05) is 32.0 Å². The van der Waals surface area contributed by atoms with E-state index in [0.717, 1.165) is 54.5 Å². The quantitative estimate of drug-likeness (QED) is 0.130. The van der Waals surface area contributed by atoms with Crippen molar-refractivity contribution in [3.05, 3.63) is 70.8 Å². The van der Waals surface area contributed by atoms with Crippen LogP contribution in [0.4, 0.5) is 5.69 Å². The predicted molar refractivity (Wildman–Crippen MR) is 212 cm³/mol. The van der Waals surface area contributed by atoms with Gasteiger partial charge in [0, 0.05) is 41.4 Å². The molecule has 0 aromatic heterocycles. The lowest BCUT2D eigenvalue weighted by atomic mass is 9.34. The average Bonchev–Trinajstić information content (AvgIpc) is 3.42. The van der Waals surface area contributed by atoms with E-state index in [9.17, 15) is 30.0 Å². The molecule has 5 aliphatic carbocycles. The van der Waals surface area contributed by atoms with Gasteiger partial charge >= 0.3 is 0 Å². The van der Waals surface area contributed by atoms with Gasteiger partial charge in [0.05, 0.1) is 17.8 Å². The lowest BCUT2D eigenvalue weighted by Crippen LogP contribution is -2.68. The summed E-state index contributed by atoms with van der Waals surface area (Å²) in [5.41, 5.74) is 8.06. The third kappa shape index (κ3) is 5.66. The number of fused-ring (bicyclic) bond motifs is 5.